The predicted molar refractivity (Wildman–Crippen MR) is 107 cm³/mol. The van der Waals surface area contributed by atoms with Crippen molar-refractivity contribution in [2.24, 2.45) is 5.10 Å². The van der Waals surface area contributed by atoms with Gasteiger partial charge in [-0.1, -0.05) is 48.9 Å². The molecule has 0 fully saturated rings. The molecule has 0 saturated carbocycles. The Labute approximate surface area is 161 Å². The third kappa shape index (κ3) is 4.06. The maximum absolute atomic E-state index is 12.7. The molecule has 3 rings (SSSR count). The van der Waals surface area contributed by atoms with Crippen LogP contribution in [0.1, 0.15) is 36.3 Å². The Balaban J connectivity index is 1.95. The van der Waals surface area contributed by atoms with Gasteiger partial charge in [-0.05, 0) is 37.1 Å². The van der Waals surface area contributed by atoms with Gasteiger partial charge in [-0.25, -0.2) is 10.1 Å². The fraction of sp³-hybridized carbons (Fsp3) is 0.200. The molecule has 0 saturated heterocycles. The molecule has 0 aliphatic heterocycles. The zero-order chi connectivity index (χ0) is 19.4. The summed E-state index contributed by atoms with van der Waals surface area (Å²) in [5.41, 5.74) is 3.97. The van der Waals surface area contributed by atoms with Crippen molar-refractivity contribution in [1.82, 2.24) is 15.2 Å². The van der Waals surface area contributed by atoms with Crippen LogP contribution in [0.2, 0.25) is 5.02 Å². The Morgan fingerprint density at radius 2 is 1.81 bits per heavy atom. The van der Waals surface area contributed by atoms with Crippen molar-refractivity contribution in [3.05, 3.63) is 75.2 Å². The molecule has 7 heteroatoms. The topological polar surface area (TPSA) is 76.3 Å². The lowest BCUT2D eigenvalue weighted by atomic mass is 10.1. The lowest BCUT2D eigenvalue weighted by molar-refractivity contribution is 0.0949. The third-order valence-electron chi connectivity index (χ3n) is 4.11. The molecule has 27 heavy (non-hydrogen) atoms. The molecule has 1 N–H and O–H groups in total. The number of carbonyl (C=O) groups excluding carboxylic acids is 1. The summed E-state index contributed by atoms with van der Waals surface area (Å²) >= 11 is 5.89. The zero-order valence-corrected chi connectivity index (χ0v) is 15.8. The lowest BCUT2D eigenvalue weighted by Gasteiger charge is -2.09. The number of amides is 1. The van der Waals surface area contributed by atoms with Crippen molar-refractivity contribution in [3.8, 4) is 0 Å². The first kappa shape index (κ1) is 18.8. The van der Waals surface area contributed by atoms with Gasteiger partial charge in [0.25, 0.3) is 11.5 Å². The van der Waals surface area contributed by atoms with Crippen LogP contribution in [0, 0.1) is 0 Å². The normalized spacial score (nSPS) is 11.6. The molecule has 0 radical (unpaired) electrons. The first-order chi connectivity index (χ1) is 13.0. The van der Waals surface area contributed by atoms with Gasteiger partial charge in [-0.15, -0.1) is 0 Å². The number of hydrazone groups is 1. The van der Waals surface area contributed by atoms with E-state index in [1.807, 2.05) is 19.1 Å². The molecular formula is C20H19ClN4O2. The number of hydrogen-bond acceptors (Lipinski definition) is 4. The highest BCUT2D eigenvalue weighted by Gasteiger charge is 2.16. The van der Waals surface area contributed by atoms with Gasteiger partial charge in [0.15, 0.2) is 5.69 Å². The van der Waals surface area contributed by atoms with Crippen molar-refractivity contribution >= 4 is 34.0 Å². The molecule has 138 valence electrons. The summed E-state index contributed by atoms with van der Waals surface area (Å²) in [7, 11) is 0. The van der Waals surface area contributed by atoms with Gasteiger partial charge in [0.2, 0.25) is 0 Å². The molecule has 3 aromatic rings. The van der Waals surface area contributed by atoms with Gasteiger partial charge in [-0.2, -0.15) is 10.2 Å². The van der Waals surface area contributed by atoms with E-state index in [2.05, 4.69) is 15.6 Å². The number of nitrogens with one attached hydrogen (secondary N) is 1. The summed E-state index contributed by atoms with van der Waals surface area (Å²) in [5.74, 6) is -0.468. The molecule has 0 aliphatic rings. The smallest absolute Gasteiger partial charge is 0.267 e. The minimum absolute atomic E-state index is 0.173. The van der Waals surface area contributed by atoms with Gasteiger partial charge < -0.3 is 0 Å². The average Bonchev–Trinajstić information content (AvgIpc) is 2.68. The van der Waals surface area contributed by atoms with Crippen LogP contribution >= 0.6 is 11.6 Å². The molecule has 1 aromatic heterocycles. The minimum Gasteiger partial charge on any atom is -0.267 e. The molecule has 0 bridgehead atoms. The lowest BCUT2D eigenvalue weighted by Crippen LogP contribution is -2.29. The van der Waals surface area contributed by atoms with Crippen LogP contribution in [0.25, 0.3) is 10.8 Å². The predicted octanol–water partition coefficient (Wildman–Crippen LogP) is 3.61. The van der Waals surface area contributed by atoms with Crippen molar-refractivity contribution in [2.75, 3.05) is 0 Å². The Morgan fingerprint density at radius 1 is 1.15 bits per heavy atom. The number of halogens is 1. The fourth-order valence-electron chi connectivity index (χ4n) is 2.71. The summed E-state index contributed by atoms with van der Waals surface area (Å²) < 4.78 is 1.33. The summed E-state index contributed by atoms with van der Waals surface area (Å²) in [6, 6.07) is 14.1. The Kier molecular flexibility index (Phi) is 5.66. The number of aryl methyl sites for hydroxylation is 1. The summed E-state index contributed by atoms with van der Waals surface area (Å²) in [4.78, 5) is 25.2. The summed E-state index contributed by atoms with van der Waals surface area (Å²) in [5, 5.41) is 10.0. The molecule has 0 spiro atoms. The van der Waals surface area contributed by atoms with E-state index in [4.69, 9.17) is 11.6 Å². The summed E-state index contributed by atoms with van der Waals surface area (Å²) in [6.45, 7) is 4.17. The molecule has 6 nitrogen and oxygen atoms in total. The fourth-order valence-corrected chi connectivity index (χ4v) is 2.84. The first-order valence-corrected chi connectivity index (χ1v) is 8.99. The van der Waals surface area contributed by atoms with E-state index in [9.17, 15) is 9.59 Å². The number of rotatable bonds is 5. The Morgan fingerprint density at radius 3 is 2.48 bits per heavy atom. The van der Waals surface area contributed by atoms with Crippen molar-refractivity contribution in [1.29, 1.82) is 0 Å². The number of benzene rings is 2. The number of aromatic nitrogens is 2. The Hall–Kier alpha value is -2.99. The van der Waals surface area contributed by atoms with Crippen LogP contribution in [-0.2, 0) is 6.54 Å². The molecule has 0 atom stereocenters. The van der Waals surface area contributed by atoms with Crippen LogP contribution in [0.5, 0.6) is 0 Å². The molecule has 1 amide bonds. The maximum atomic E-state index is 12.7. The number of hydrogen-bond donors (Lipinski definition) is 1. The highest BCUT2D eigenvalue weighted by atomic mass is 35.5. The molecular weight excluding hydrogens is 364 g/mol. The van der Waals surface area contributed by atoms with E-state index in [1.54, 1.807) is 43.3 Å². The minimum atomic E-state index is -0.468. The third-order valence-corrected chi connectivity index (χ3v) is 4.36. The monoisotopic (exact) mass is 382 g/mol. The first-order valence-electron chi connectivity index (χ1n) is 8.61. The van der Waals surface area contributed by atoms with E-state index in [1.165, 1.54) is 4.68 Å². The van der Waals surface area contributed by atoms with Gasteiger partial charge in [0.1, 0.15) is 0 Å². The van der Waals surface area contributed by atoms with E-state index in [-0.39, 0.29) is 11.3 Å². The standard InChI is InChI=1S/C20H19ClN4O2/c1-3-12-25-20(27)17-7-5-4-6-16(17)18(24-25)19(26)23-22-13(2)14-8-10-15(21)11-9-14/h4-11H,3,12H2,1-2H3,(H,23,26)/b22-13+. The molecule has 0 aliphatic carbocycles. The van der Waals surface area contributed by atoms with Gasteiger partial charge in [0.05, 0.1) is 11.1 Å². The molecule has 1 heterocycles. The summed E-state index contributed by atoms with van der Waals surface area (Å²) in [6.07, 6.45) is 0.736. The highest BCUT2D eigenvalue weighted by Crippen LogP contribution is 2.14. The van der Waals surface area contributed by atoms with Crippen LogP contribution in [0.15, 0.2) is 58.4 Å². The largest absolute Gasteiger partial charge is 0.292 e. The quantitative estimate of drug-likeness (QED) is 0.541. The van der Waals surface area contributed by atoms with Gasteiger partial charge in [-0.3, -0.25) is 9.59 Å². The van der Waals surface area contributed by atoms with Crippen molar-refractivity contribution in [2.45, 2.75) is 26.8 Å². The van der Waals surface area contributed by atoms with E-state index in [0.29, 0.717) is 28.1 Å². The molecule has 2 aromatic carbocycles. The van der Waals surface area contributed by atoms with E-state index >= 15 is 0 Å². The second-order valence-electron chi connectivity index (χ2n) is 6.07. The van der Waals surface area contributed by atoms with E-state index < -0.39 is 5.91 Å². The van der Waals surface area contributed by atoms with Crippen LogP contribution in [0.4, 0.5) is 0 Å². The van der Waals surface area contributed by atoms with Crippen LogP contribution in [0.3, 0.4) is 0 Å². The van der Waals surface area contributed by atoms with Crippen LogP contribution in [-0.4, -0.2) is 21.4 Å². The second kappa shape index (κ2) is 8.14. The number of nitrogens with zero attached hydrogens (tertiary/aromatic N) is 3. The average molecular weight is 383 g/mol. The number of carbonyl (C=O) groups is 1. The SMILES string of the molecule is CCCn1nc(C(=O)N/N=C(\C)c2ccc(Cl)cc2)c2ccccc2c1=O. The maximum Gasteiger partial charge on any atom is 0.292 e. The van der Waals surface area contributed by atoms with Crippen molar-refractivity contribution < 1.29 is 4.79 Å². The second-order valence-corrected chi connectivity index (χ2v) is 6.50. The van der Waals surface area contributed by atoms with Crippen LogP contribution < -0.4 is 11.0 Å². The van der Waals surface area contributed by atoms with Gasteiger partial charge >= 0.3 is 0 Å². The molecule has 0 unspecified atom stereocenters. The van der Waals surface area contributed by atoms with Crippen molar-refractivity contribution in [3.63, 3.8) is 0 Å². The highest BCUT2D eigenvalue weighted by molar-refractivity contribution is 6.30. The zero-order valence-electron chi connectivity index (χ0n) is 15.1. The van der Waals surface area contributed by atoms with E-state index in [0.717, 1.165) is 12.0 Å². The Bertz CT molecular complexity index is 1070. The number of fused-ring (bicyclic) bond motifs is 1. The van der Waals surface area contributed by atoms with Gasteiger partial charge in [0, 0.05) is 17.0 Å².